The van der Waals surface area contributed by atoms with Gasteiger partial charge in [-0.25, -0.2) is 0 Å². The predicted octanol–water partition coefficient (Wildman–Crippen LogP) is 3.42. The second-order valence-corrected chi connectivity index (χ2v) is 10.7. The largest absolute Gasteiger partial charge is 0.277 e. The van der Waals surface area contributed by atoms with Crippen molar-refractivity contribution in [1.29, 1.82) is 0 Å². The number of thioether (sulfide) groups is 1. The van der Waals surface area contributed by atoms with Gasteiger partial charge in [0.1, 0.15) is 6.33 Å². The minimum absolute atomic E-state index is 0.0666. The van der Waals surface area contributed by atoms with Gasteiger partial charge in [0.25, 0.3) is 0 Å². The first kappa shape index (κ1) is 20.5. The van der Waals surface area contributed by atoms with Crippen LogP contribution in [-0.4, -0.2) is 32.3 Å². The maximum Gasteiger partial charge on any atom is 0.248 e. The Kier molecular flexibility index (Phi) is 5.50. The monoisotopic (exact) mass is 439 g/mol. The van der Waals surface area contributed by atoms with Crippen molar-refractivity contribution in [3.63, 3.8) is 0 Å². The molecule has 1 heterocycles. The highest BCUT2D eigenvalue weighted by Crippen LogP contribution is 2.61. The van der Waals surface area contributed by atoms with Crippen LogP contribution in [0.15, 0.2) is 35.7 Å². The summed E-state index contributed by atoms with van der Waals surface area (Å²) in [6, 6.07) is 8.03. The molecule has 2 N–H and O–H groups in total. The highest BCUT2D eigenvalue weighted by atomic mass is 32.2. The Balaban J connectivity index is 1.10. The van der Waals surface area contributed by atoms with Crippen molar-refractivity contribution in [3.05, 3.63) is 36.2 Å². The zero-order valence-corrected chi connectivity index (χ0v) is 18.7. The summed E-state index contributed by atoms with van der Waals surface area (Å²) >= 11 is 1.29. The van der Waals surface area contributed by atoms with E-state index < -0.39 is 0 Å². The van der Waals surface area contributed by atoms with Gasteiger partial charge in [0, 0.05) is 12.1 Å². The van der Waals surface area contributed by atoms with Crippen LogP contribution in [0.3, 0.4) is 0 Å². The fourth-order valence-corrected chi connectivity index (χ4v) is 7.13. The van der Waals surface area contributed by atoms with E-state index in [0.717, 1.165) is 23.4 Å². The van der Waals surface area contributed by atoms with Gasteiger partial charge in [0.2, 0.25) is 11.8 Å². The van der Waals surface area contributed by atoms with Crippen LogP contribution >= 0.6 is 11.8 Å². The molecule has 31 heavy (non-hydrogen) atoms. The fraction of sp³-hybridized carbons (Fsp3) is 0.565. The van der Waals surface area contributed by atoms with Crippen molar-refractivity contribution in [2.75, 3.05) is 5.75 Å². The minimum Gasteiger partial charge on any atom is -0.277 e. The number of hydrogen-bond donors (Lipinski definition) is 2. The topological polar surface area (TPSA) is 88.9 Å². The summed E-state index contributed by atoms with van der Waals surface area (Å²) in [6.07, 6.45) is 9.82. The van der Waals surface area contributed by atoms with Crippen molar-refractivity contribution in [2.45, 2.75) is 57.0 Å². The summed E-state index contributed by atoms with van der Waals surface area (Å²) in [6.45, 7) is 2.04. The number of rotatable bonds is 6. The first-order valence-electron chi connectivity index (χ1n) is 11.2. The van der Waals surface area contributed by atoms with Crippen molar-refractivity contribution in [2.24, 2.45) is 23.2 Å². The van der Waals surface area contributed by atoms with Gasteiger partial charge >= 0.3 is 0 Å². The Labute approximate surface area is 186 Å². The number of carbonyl (C=O) groups excluding carboxylic acids is 2. The van der Waals surface area contributed by atoms with E-state index in [-0.39, 0.29) is 23.0 Å². The number of hydrazine groups is 1. The number of hydrogen-bond acceptors (Lipinski definition) is 5. The third-order valence-corrected chi connectivity index (χ3v) is 8.15. The van der Waals surface area contributed by atoms with Crippen LogP contribution in [0.4, 0.5) is 0 Å². The quantitative estimate of drug-likeness (QED) is 0.532. The molecule has 0 atom stereocenters. The van der Waals surface area contributed by atoms with Crippen molar-refractivity contribution in [1.82, 2.24) is 25.6 Å². The molecule has 164 valence electrons. The molecule has 4 aliphatic carbocycles. The molecule has 2 amide bonds. The summed E-state index contributed by atoms with van der Waals surface area (Å²) in [5, 5.41) is 8.72. The van der Waals surface area contributed by atoms with Gasteiger partial charge in [-0.2, -0.15) is 0 Å². The molecule has 0 radical (unpaired) electrons. The zero-order chi connectivity index (χ0) is 21.4. The van der Waals surface area contributed by atoms with E-state index in [1.165, 1.54) is 55.9 Å². The molecule has 1 aromatic heterocycles. The van der Waals surface area contributed by atoms with Gasteiger partial charge in [-0.1, -0.05) is 29.5 Å². The van der Waals surface area contributed by atoms with E-state index in [2.05, 4.69) is 21.0 Å². The lowest BCUT2D eigenvalue weighted by Gasteiger charge is -2.56. The van der Waals surface area contributed by atoms with Gasteiger partial charge in [-0.3, -0.25) is 25.0 Å². The maximum atomic E-state index is 12.6. The summed E-state index contributed by atoms with van der Waals surface area (Å²) in [7, 11) is 0. The molecule has 0 aliphatic heterocycles. The maximum absolute atomic E-state index is 12.6. The third kappa shape index (κ3) is 4.49. The lowest BCUT2D eigenvalue weighted by Crippen LogP contribution is -2.50. The van der Waals surface area contributed by atoms with Crippen LogP contribution < -0.4 is 10.9 Å². The number of nitrogens with one attached hydrogen (secondary N) is 2. The molecule has 0 saturated heterocycles. The molecule has 7 nitrogen and oxygen atoms in total. The molecule has 0 unspecified atom stereocenters. The third-order valence-electron chi connectivity index (χ3n) is 7.20. The van der Waals surface area contributed by atoms with Crippen molar-refractivity contribution < 1.29 is 9.59 Å². The number of amides is 2. The van der Waals surface area contributed by atoms with Gasteiger partial charge < -0.3 is 0 Å². The summed E-state index contributed by atoms with van der Waals surface area (Å²) in [4.78, 5) is 24.9. The summed E-state index contributed by atoms with van der Waals surface area (Å²) < 4.78 is 1.85. The van der Waals surface area contributed by atoms with Crippen LogP contribution in [0, 0.1) is 30.1 Å². The van der Waals surface area contributed by atoms with E-state index in [0.29, 0.717) is 11.6 Å². The lowest BCUT2D eigenvalue weighted by atomic mass is 9.49. The SMILES string of the molecule is Cc1ccc(-n2cnnc2SCC(=O)NNC(=O)CC23CC4CC(CC(C4)C2)C3)cc1. The Hall–Kier alpha value is -2.35. The van der Waals surface area contributed by atoms with E-state index in [4.69, 9.17) is 0 Å². The van der Waals surface area contributed by atoms with Crippen LogP contribution in [-0.2, 0) is 9.59 Å². The Morgan fingerprint density at radius 2 is 1.65 bits per heavy atom. The molecule has 4 fully saturated rings. The van der Waals surface area contributed by atoms with Crippen molar-refractivity contribution in [3.8, 4) is 5.69 Å². The van der Waals surface area contributed by atoms with Gasteiger partial charge in [0.05, 0.1) is 5.75 Å². The smallest absolute Gasteiger partial charge is 0.248 e. The lowest BCUT2D eigenvalue weighted by molar-refractivity contribution is -0.133. The number of carbonyl (C=O) groups is 2. The second-order valence-electron chi connectivity index (χ2n) is 9.80. The van der Waals surface area contributed by atoms with E-state index in [9.17, 15) is 9.59 Å². The minimum atomic E-state index is -0.248. The number of nitrogens with zero attached hydrogens (tertiary/aromatic N) is 3. The van der Waals surface area contributed by atoms with Crippen LogP contribution in [0.5, 0.6) is 0 Å². The molecule has 1 aromatic carbocycles. The fourth-order valence-electron chi connectivity index (χ4n) is 6.40. The van der Waals surface area contributed by atoms with Gasteiger partial charge in [-0.05, 0) is 80.8 Å². The molecule has 2 aromatic rings. The first-order chi connectivity index (χ1) is 15.0. The van der Waals surface area contributed by atoms with E-state index >= 15 is 0 Å². The molecule has 6 rings (SSSR count). The molecule has 0 spiro atoms. The summed E-state index contributed by atoms with van der Waals surface area (Å²) in [5.41, 5.74) is 7.51. The molecule has 8 heteroatoms. The Morgan fingerprint density at radius 3 is 2.29 bits per heavy atom. The Morgan fingerprint density at radius 1 is 1.03 bits per heavy atom. The summed E-state index contributed by atoms with van der Waals surface area (Å²) in [5.74, 6) is 2.29. The normalized spacial score (nSPS) is 28.5. The van der Waals surface area contributed by atoms with E-state index in [1.807, 2.05) is 35.8 Å². The zero-order valence-electron chi connectivity index (χ0n) is 17.8. The molecule has 4 saturated carbocycles. The van der Waals surface area contributed by atoms with Crippen molar-refractivity contribution >= 4 is 23.6 Å². The standard InChI is InChI=1S/C23H29N5O2S/c1-15-2-4-19(5-3-15)28-14-24-27-22(28)31-13-21(30)26-25-20(29)12-23-9-16-6-17(10-23)8-18(7-16)11-23/h2-5,14,16-18H,6-13H2,1H3,(H,25,29)(H,26,30). The number of aromatic nitrogens is 3. The molecule has 4 bridgehead atoms. The predicted molar refractivity (Wildman–Crippen MR) is 118 cm³/mol. The van der Waals surface area contributed by atoms with Crippen LogP contribution in [0.1, 0.15) is 50.5 Å². The van der Waals surface area contributed by atoms with E-state index in [1.54, 1.807) is 6.33 Å². The first-order valence-corrected chi connectivity index (χ1v) is 12.1. The highest BCUT2D eigenvalue weighted by molar-refractivity contribution is 7.99. The van der Waals surface area contributed by atoms with Gasteiger partial charge in [0.15, 0.2) is 5.16 Å². The second kappa shape index (κ2) is 8.30. The molecule has 4 aliphatic rings. The number of benzene rings is 1. The van der Waals surface area contributed by atoms with Crippen LogP contribution in [0.2, 0.25) is 0 Å². The molecular formula is C23H29N5O2S. The highest BCUT2D eigenvalue weighted by Gasteiger charge is 2.51. The number of aryl methyl sites for hydroxylation is 1. The Bertz CT molecular complexity index is 935. The van der Waals surface area contributed by atoms with Gasteiger partial charge in [-0.15, -0.1) is 10.2 Å². The van der Waals surface area contributed by atoms with Crippen LogP contribution in [0.25, 0.3) is 5.69 Å². The average molecular weight is 440 g/mol. The average Bonchev–Trinajstić information content (AvgIpc) is 3.18. The molecular weight excluding hydrogens is 410 g/mol.